The molecular weight excluding hydrogens is 244 g/mol. The largest absolute Gasteiger partial charge is 0.472 e. The molecule has 0 fully saturated rings. The third kappa shape index (κ3) is 5.83. The smallest absolute Gasteiger partial charge is 0.166 e. The van der Waals surface area contributed by atoms with Gasteiger partial charge in [0.1, 0.15) is 12.0 Å². The third-order valence-corrected chi connectivity index (χ3v) is 2.95. The SMILES string of the molecule is CC(C)CC(=O)CC(C)(O)CCC(=O)c1ccoc1. The van der Waals surface area contributed by atoms with Gasteiger partial charge in [0, 0.05) is 19.3 Å². The van der Waals surface area contributed by atoms with E-state index >= 15 is 0 Å². The molecule has 1 rings (SSSR count). The van der Waals surface area contributed by atoms with Crippen molar-refractivity contribution in [3.8, 4) is 0 Å². The van der Waals surface area contributed by atoms with E-state index in [1.165, 1.54) is 12.5 Å². The Morgan fingerprint density at radius 1 is 1.42 bits per heavy atom. The Labute approximate surface area is 113 Å². The van der Waals surface area contributed by atoms with Crippen molar-refractivity contribution >= 4 is 11.6 Å². The van der Waals surface area contributed by atoms with Crippen molar-refractivity contribution in [1.29, 1.82) is 0 Å². The molecule has 4 heteroatoms. The minimum atomic E-state index is -1.12. The van der Waals surface area contributed by atoms with Gasteiger partial charge in [-0.1, -0.05) is 13.8 Å². The fourth-order valence-electron chi connectivity index (χ4n) is 1.99. The van der Waals surface area contributed by atoms with E-state index < -0.39 is 5.60 Å². The summed E-state index contributed by atoms with van der Waals surface area (Å²) in [6.07, 6.45) is 3.89. The summed E-state index contributed by atoms with van der Waals surface area (Å²) in [6, 6.07) is 1.60. The average Bonchev–Trinajstić information content (AvgIpc) is 2.77. The molecule has 1 N–H and O–H groups in total. The lowest BCUT2D eigenvalue weighted by Gasteiger charge is -2.22. The van der Waals surface area contributed by atoms with Gasteiger partial charge in [-0.3, -0.25) is 9.59 Å². The predicted octanol–water partition coefficient (Wildman–Crippen LogP) is 3.00. The topological polar surface area (TPSA) is 67.5 Å². The van der Waals surface area contributed by atoms with E-state index in [0.29, 0.717) is 12.0 Å². The molecular formula is C15H22O4. The molecule has 1 aromatic heterocycles. The van der Waals surface area contributed by atoms with Crippen LogP contribution in [0, 0.1) is 5.92 Å². The van der Waals surface area contributed by atoms with Crippen LogP contribution in [0.3, 0.4) is 0 Å². The fraction of sp³-hybridized carbons (Fsp3) is 0.600. The Balaban J connectivity index is 2.42. The Morgan fingerprint density at radius 2 is 2.11 bits per heavy atom. The van der Waals surface area contributed by atoms with E-state index in [0.717, 1.165) is 0 Å². The van der Waals surface area contributed by atoms with Crippen LogP contribution in [0.2, 0.25) is 0 Å². The summed E-state index contributed by atoms with van der Waals surface area (Å²) in [4.78, 5) is 23.4. The summed E-state index contributed by atoms with van der Waals surface area (Å²) >= 11 is 0. The predicted molar refractivity (Wildman–Crippen MR) is 72.0 cm³/mol. The van der Waals surface area contributed by atoms with Crippen LogP contribution >= 0.6 is 0 Å². The van der Waals surface area contributed by atoms with E-state index in [4.69, 9.17) is 4.42 Å². The molecule has 1 unspecified atom stereocenters. The van der Waals surface area contributed by atoms with Crippen LogP contribution in [0.4, 0.5) is 0 Å². The Morgan fingerprint density at radius 3 is 2.63 bits per heavy atom. The highest BCUT2D eigenvalue weighted by molar-refractivity contribution is 5.95. The van der Waals surface area contributed by atoms with Gasteiger partial charge in [0.2, 0.25) is 0 Å². The summed E-state index contributed by atoms with van der Waals surface area (Å²) in [5.74, 6) is 0.247. The fourth-order valence-corrected chi connectivity index (χ4v) is 1.99. The Kier molecular flexibility index (Phi) is 5.48. The lowest BCUT2D eigenvalue weighted by molar-refractivity contribution is -0.124. The molecule has 0 amide bonds. The first-order valence-electron chi connectivity index (χ1n) is 6.59. The van der Waals surface area contributed by atoms with Crippen LogP contribution in [-0.4, -0.2) is 22.3 Å². The number of hydrogen-bond donors (Lipinski definition) is 1. The first kappa shape index (κ1) is 15.6. The minimum Gasteiger partial charge on any atom is -0.472 e. The molecule has 1 aromatic rings. The maximum absolute atomic E-state index is 11.8. The highest BCUT2D eigenvalue weighted by atomic mass is 16.3. The molecule has 0 aromatic carbocycles. The molecule has 106 valence electrons. The van der Waals surface area contributed by atoms with Crippen molar-refractivity contribution in [3.05, 3.63) is 24.2 Å². The molecule has 0 bridgehead atoms. The summed E-state index contributed by atoms with van der Waals surface area (Å²) in [5, 5.41) is 10.1. The van der Waals surface area contributed by atoms with Crippen molar-refractivity contribution in [2.45, 2.75) is 52.1 Å². The average molecular weight is 266 g/mol. The molecule has 4 nitrogen and oxygen atoms in total. The number of ketones is 2. The van der Waals surface area contributed by atoms with Crippen LogP contribution in [0.15, 0.2) is 23.0 Å². The summed E-state index contributed by atoms with van der Waals surface area (Å²) < 4.78 is 4.84. The van der Waals surface area contributed by atoms with Gasteiger partial charge < -0.3 is 9.52 Å². The molecule has 0 aliphatic rings. The zero-order chi connectivity index (χ0) is 14.5. The lowest BCUT2D eigenvalue weighted by Crippen LogP contribution is -2.29. The van der Waals surface area contributed by atoms with Gasteiger partial charge in [-0.15, -0.1) is 0 Å². The molecule has 0 aliphatic heterocycles. The highest BCUT2D eigenvalue weighted by Crippen LogP contribution is 2.20. The number of furan rings is 1. The number of Topliss-reactive ketones (excluding diaryl/α,β-unsaturated/α-hetero) is 2. The maximum atomic E-state index is 11.8. The monoisotopic (exact) mass is 266 g/mol. The van der Waals surface area contributed by atoms with Gasteiger partial charge in [0.25, 0.3) is 0 Å². The number of aliphatic hydroxyl groups is 1. The van der Waals surface area contributed by atoms with E-state index in [-0.39, 0.29) is 36.7 Å². The van der Waals surface area contributed by atoms with Gasteiger partial charge in [-0.2, -0.15) is 0 Å². The summed E-state index contributed by atoms with van der Waals surface area (Å²) in [6.45, 7) is 5.54. The summed E-state index contributed by atoms with van der Waals surface area (Å²) in [5.41, 5.74) is -0.616. The Bertz CT molecular complexity index is 415. The second-order valence-electron chi connectivity index (χ2n) is 5.75. The molecule has 19 heavy (non-hydrogen) atoms. The molecule has 0 saturated heterocycles. The normalized spacial score (nSPS) is 14.4. The molecule has 0 aliphatic carbocycles. The molecule has 1 heterocycles. The van der Waals surface area contributed by atoms with Crippen molar-refractivity contribution in [3.63, 3.8) is 0 Å². The number of carbonyl (C=O) groups excluding carboxylic acids is 2. The van der Waals surface area contributed by atoms with Gasteiger partial charge in [-0.25, -0.2) is 0 Å². The van der Waals surface area contributed by atoms with Gasteiger partial charge in [-0.05, 0) is 25.3 Å². The van der Waals surface area contributed by atoms with Crippen LogP contribution < -0.4 is 0 Å². The Hall–Kier alpha value is -1.42. The zero-order valence-electron chi connectivity index (χ0n) is 11.8. The molecule has 0 radical (unpaired) electrons. The van der Waals surface area contributed by atoms with E-state index in [9.17, 15) is 14.7 Å². The van der Waals surface area contributed by atoms with Crippen molar-refractivity contribution in [2.75, 3.05) is 0 Å². The maximum Gasteiger partial charge on any atom is 0.166 e. The van der Waals surface area contributed by atoms with E-state index in [2.05, 4.69) is 0 Å². The highest BCUT2D eigenvalue weighted by Gasteiger charge is 2.25. The van der Waals surface area contributed by atoms with Crippen molar-refractivity contribution < 1.29 is 19.1 Å². The van der Waals surface area contributed by atoms with Crippen LogP contribution in [0.1, 0.15) is 56.8 Å². The molecule has 1 atom stereocenters. The number of carbonyl (C=O) groups is 2. The summed E-state index contributed by atoms with van der Waals surface area (Å²) in [7, 11) is 0. The number of hydrogen-bond acceptors (Lipinski definition) is 4. The molecule has 0 spiro atoms. The second-order valence-corrected chi connectivity index (χ2v) is 5.75. The van der Waals surface area contributed by atoms with Crippen molar-refractivity contribution in [2.24, 2.45) is 5.92 Å². The van der Waals surface area contributed by atoms with E-state index in [1.807, 2.05) is 13.8 Å². The first-order chi connectivity index (χ1) is 8.80. The zero-order valence-corrected chi connectivity index (χ0v) is 11.8. The van der Waals surface area contributed by atoms with Crippen molar-refractivity contribution in [1.82, 2.24) is 0 Å². The first-order valence-corrected chi connectivity index (χ1v) is 6.59. The van der Waals surface area contributed by atoms with Crippen LogP contribution in [-0.2, 0) is 4.79 Å². The van der Waals surface area contributed by atoms with Gasteiger partial charge in [0.05, 0.1) is 17.4 Å². The van der Waals surface area contributed by atoms with Crippen LogP contribution in [0.5, 0.6) is 0 Å². The third-order valence-electron chi connectivity index (χ3n) is 2.95. The van der Waals surface area contributed by atoms with E-state index in [1.54, 1.807) is 13.0 Å². The van der Waals surface area contributed by atoms with Gasteiger partial charge in [0.15, 0.2) is 5.78 Å². The lowest BCUT2D eigenvalue weighted by atomic mass is 9.89. The standard InChI is InChI=1S/C15H22O4/c1-11(2)8-13(16)9-15(3,18)6-4-14(17)12-5-7-19-10-12/h5,7,10-11,18H,4,6,8-9H2,1-3H3. The van der Waals surface area contributed by atoms with Crippen LogP contribution in [0.25, 0.3) is 0 Å². The quantitative estimate of drug-likeness (QED) is 0.734. The number of rotatable bonds is 8. The second kappa shape index (κ2) is 6.66. The van der Waals surface area contributed by atoms with Gasteiger partial charge >= 0.3 is 0 Å². The molecule has 0 saturated carbocycles. The minimum absolute atomic E-state index is 0.0377.